The fraction of sp³-hybridized carbons (Fsp3) is 0.200. The van der Waals surface area contributed by atoms with Crippen LogP contribution in [0.15, 0.2) is 50.4 Å². The summed E-state index contributed by atoms with van der Waals surface area (Å²) in [7, 11) is 4.67. The molecular formula is C25H23NO6S. The van der Waals surface area contributed by atoms with E-state index in [-0.39, 0.29) is 5.43 Å². The molecule has 4 aromatic rings. The number of thiazole rings is 1. The van der Waals surface area contributed by atoms with E-state index in [1.165, 1.54) is 11.3 Å². The zero-order valence-electron chi connectivity index (χ0n) is 18.7. The van der Waals surface area contributed by atoms with Crippen molar-refractivity contribution in [3.05, 3.63) is 62.8 Å². The summed E-state index contributed by atoms with van der Waals surface area (Å²) in [4.78, 5) is 17.7. The summed E-state index contributed by atoms with van der Waals surface area (Å²) >= 11 is 1.41. The summed E-state index contributed by atoms with van der Waals surface area (Å²) in [6.07, 6.45) is 3.56. The van der Waals surface area contributed by atoms with Crippen LogP contribution >= 0.6 is 11.3 Å². The minimum Gasteiger partial charge on any atom is -0.494 e. The van der Waals surface area contributed by atoms with Crippen LogP contribution in [-0.2, 0) is 0 Å². The quantitative estimate of drug-likeness (QED) is 0.339. The molecule has 0 spiro atoms. The standard InChI is InChI=1S/C25H23NO6S/c1-5-31-16-7-8-17-20(12-16)32-19(23(24(17)27)18-13-33-14-26-18)9-6-15-10-21(28-2)25(30-4)22(11-15)29-3/h6-14H,5H2,1-4H3. The molecule has 0 unspecified atom stereocenters. The van der Waals surface area contributed by atoms with Crippen molar-refractivity contribution < 1.29 is 23.4 Å². The molecule has 0 N–H and O–H groups in total. The van der Waals surface area contributed by atoms with Gasteiger partial charge in [-0.2, -0.15) is 0 Å². The van der Waals surface area contributed by atoms with Crippen LogP contribution < -0.4 is 24.4 Å². The number of nitrogens with zero attached hydrogens (tertiary/aromatic N) is 1. The van der Waals surface area contributed by atoms with E-state index >= 15 is 0 Å². The lowest BCUT2D eigenvalue weighted by Gasteiger charge is -2.13. The average molecular weight is 466 g/mol. The highest BCUT2D eigenvalue weighted by atomic mass is 32.1. The zero-order valence-corrected chi connectivity index (χ0v) is 19.5. The number of hydrogen-bond donors (Lipinski definition) is 0. The molecule has 0 aliphatic heterocycles. The molecule has 2 aromatic carbocycles. The van der Waals surface area contributed by atoms with Gasteiger partial charge in [-0.05, 0) is 42.8 Å². The van der Waals surface area contributed by atoms with Gasteiger partial charge in [0, 0.05) is 11.4 Å². The Bertz CT molecular complexity index is 1330. The van der Waals surface area contributed by atoms with E-state index < -0.39 is 0 Å². The van der Waals surface area contributed by atoms with Crippen molar-refractivity contribution in [2.45, 2.75) is 6.92 Å². The van der Waals surface area contributed by atoms with Crippen LogP contribution in [0.25, 0.3) is 34.4 Å². The Balaban J connectivity index is 1.88. The Morgan fingerprint density at radius 3 is 2.39 bits per heavy atom. The van der Waals surface area contributed by atoms with Gasteiger partial charge in [0.15, 0.2) is 11.5 Å². The van der Waals surface area contributed by atoms with Gasteiger partial charge in [-0.1, -0.05) is 6.08 Å². The van der Waals surface area contributed by atoms with Gasteiger partial charge in [0.2, 0.25) is 11.2 Å². The van der Waals surface area contributed by atoms with Gasteiger partial charge >= 0.3 is 0 Å². The zero-order chi connectivity index (χ0) is 23.4. The van der Waals surface area contributed by atoms with Crippen molar-refractivity contribution in [2.24, 2.45) is 0 Å². The summed E-state index contributed by atoms with van der Waals surface area (Å²) in [6, 6.07) is 8.83. The lowest BCUT2D eigenvalue weighted by molar-refractivity contribution is 0.324. The first-order chi connectivity index (χ1) is 16.1. The van der Waals surface area contributed by atoms with Gasteiger partial charge in [-0.3, -0.25) is 4.79 Å². The molecule has 4 rings (SSSR count). The number of hydrogen-bond acceptors (Lipinski definition) is 8. The first-order valence-corrected chi connectivity index (χ1v) is 11.1. The molecule has 170 valence electrons. The maximum Gasteiger partial charge on any atom is 0.203 e. The van der Waals surface area contributed by atoms with E-state index in [0.29, 0.717) is 57.6 Å². The molecule has 0 saturated heterocycles. The third kappa shape index (κ3) is 4.42. The Morgan fingerprint density at radius 1 is 1.03 bits per heavy atom. The van der Waals surface area contributed by atoms with E-state index in [2.05, 4.69) is 4.98 Å². The van der Waals surface area contributed by atoms with Crippen LogP contribution in [-0.4, -0.2) is 32.9 Å². The lowest BCUT2D eigenvalue weighted by atomic mass is 10.1. The molecule has 0 bridgehead atoms. The molecule has 2 heterocycles. The lowest BCUT2D eigenvalue weighted by Crippen LogP contribution is -2.08. The number of benzene rings is 2. The fourth-order valence-corrected chi connectivity index (χ4v) is 4.06. The summed E-state index contributed by atoms with van der Waals surface area (Å²) in [5.74, 6) is 2.58. The molecule has 0 aliphatic rings. The average Bonchev–Trinajstić information content (AvgIpc) is 3.36. The molecule has 33 heavy (non-hydrogen) atoms. The Hall–Kier alpha value is -3.78. The maximum atomic E-state index is 13.4. The van der Waals surface area contributed by atoms with Crippen LogP contribution in [0.4, 0.5) is 0 Å². The molecule has 8 heteroatoms. The van der Waals surface area contributed by atoms with E-state index in [9.17, 15) is 4.79 Å². The molecule has 0 fully saturated rings. The highest BCUT2D eigenvalue weighted by molar-refractivity contribution is 7.07. The van der Waals surface area contributed by atoms with Gasteiger partial charge < -0.3 is 23.4 Å². The largest absolute Gasteiger partial charge is 0.494 e. The second-order valence-electron chi connectivity index (χ2n) is 6.93. The topological polar surface area (TPSA) is 80.0 Å². The highest BCUT2D eigenvalue weighted by Gasteiger charge is 2.17. The molecule has 7 nitrogen and oxygen atoms in total. The normalized spacial score (nSPS) is 11.2. The van der Waals surface area contributed by atoms with Crippen LogP contribution in [0.5, 0.6) is 23.0 Å². The minimum atomic E-state index is -0.158. The molecule has 0 saturated carbocycles. The summed E-state index contributed by atoms with van der Waals surface area (Å²) in [5, 5.41) is 2.29. The van der Waals surface area contributed by atoms with E-state index in [1.807, 2.05) is 30.5 Å². The predicted octanol–water partition coefficient (Wildman–Crippen LogP) is 5.51. The number of methoxy groups -OCH3 is 3. The third-order valence-corrected chi connectivity index (χ3v) is 5.59. The minimum absolute atomic E-state index is 0.158. The van der Waals surface area contributed by atoms with Crippen LogP contribution in [0, 0.1) is 0 Å². The van der Waals surface area contributed by atoms with E-state index in [1.54, 1.807) is 51.1 Å². The highest BCUT2D eigenvalue weighted by Crippen LogP contribution is 2.39. The van der Waals surface area contributed by atoms with Gasteiger partial charge in [0.25, 0.3) is 0 Å². The number of fused-ring (bicyclic) bond motifs is 1. The van der Waals surface area contributed by atoms with E-state index in [4.69, 9.17) is 23.4 Å². The van der Waals surface area contributed by atoms with Crippen molar-refractivity contribution in [3.8, 4) is 34.3 Å². The fourth-order valence-electron chi connectivity index (χ4n) is 3.51. The number of aromatic nitrogens is 1. The second kappa shape index (κ2) is 9.79. The molecule has 0 amide bonds. The van der Waals surface area contributed by atoms with Crippen molar-refractivity contribution in [3.63, 3.8) is 0 Å². The number of rotatable bonds is 8. The maximum absolute atomic E-state index is 13.4. The van der Waals surface area contributed by atoms with Crippen LogP contribution in [0.2, 0.25) is 0 Å². The monoisotopic (exact) mass is 465 g/mol. The first kappa shape index (κ1) is 22.4. The molecular weight excluding hydrogens is 442 g/mol. The van der Waals surface area contributed by atoms with Gasteiger partial charge in [-0.25, -0.2) is 4.98 Å². The van der Waals surface area contributed by atoms with Crippen LogP contribution in [0.3, 0.4) is 0 Å². The summed E-state index contributed by atoms with van der Waals surface area (Å²) in [6.45, 7) is 2.41. The molecule has 0 aliphatic carbocycles. The van der Waals surface area contributed by atoms with E-state index in [0.717, 1.165) is 5.56 Å². The predicted molar refractivity (Wildman–Crippen MR) is 130 cm³/mol. The summed E-state index contributed by atoms with van der Waals surface area (Å²) < 4.78 is 28.0. The Kier molecular flexibility index (Phi) is 6.65. The summed E-state index contributed by atoms with van der Waals surface area (Å²) in [5.41, 5.74) is 3.71. The molecule has 0 radical (unpaired) electrons. The second-order valence-corrected chi connectivity index (χ2v) is 7.65. The van der Waals surface area contributed by atoms with Crippen molar-refractivity contribution in [2.75, 3.05) is 27.9 Å². The van der Waals surface area contributed by atoms with Crippen LogP contribution in [0.1, 0.15) is 18.2 Å². The van der Waals surface area contributed by atoms with Gasteiger partial charge in [0.1, 0.15) is 17.1 Å². The third-order valence-electron chi connectivity index (χ3n) is 5.00. The van der Waals surface area contributed by atoms with Crippen molar-refractivity contribution >= 4 is 34.5 Å². The van der Waals surface area contributed by atoms with Gasteiger partial charge in [-0.15, -0.1) is 11.3 Å². The van der Waals surface area contributed by atoms with Crippen molar-refractivity contribution in [1.29, 1.82) is 0 Å². The Labute approximate surface area is 194 Å². The number of ether oxygens (including phenoxy) is 4. The first-order valence-electron chi connectivity index (χ1n) is 10.2. The Morgan fingerprint density at radius 2 is 1.79 bits per heavy atom. The van der Waals surface area contributed by atoms with Gasteiger partial charge in [0.05, 0.1) is 50.1 Å². The SMILES string of the molecule is CCOc1ccc2c(=O)c(-c3cscn3)c(C=Cc3cc(OC)c(OC)c(OC)c3)oc2c1. The molecule has 0 atom stereocenters. The smallest absolute Gasteiger partial charge is 0.203 e. The van der Waals surface area contributed by atoms with Crippen molar-refractivity contribution in [1.82, 2.24) is 4.98 Å². The molecule has 2 aromatic heterocycles.